The van der Waals surface area contributed by atoms with Gasteiger partial charge in [-0.25, -0.2) is 18.2 Å². The summed E-state index contributed by atoms with van der Waals surface area (Å²) >= 11 is 0. The predicted molar refractivity (Wildman–Crippen MR) is 146 cm³/mol. The van der Waals surface area contributed by atoms with Gasteiger partial charge in [0.25, 0.3) is 5.91 Å². The minimum Gasteiger partial charge on any atom is -0.489 e. The molecule has 0 spiro atoms. The minimum atomic E-state index is -3.38. The van der Waals surface area contributed by atoms with E-state index >= 15 is 0 Å². The fraction of sp³-hybridized carbons (Fsp3) is 0.370. The number of rotatable bonds is 9. The van der Waals surface area contributed by atoms with Crippen LogP contribution in [-0.2, 0) is 27.8 Å². The Morgan fingerprint density at radius 1 is 1.10 bits per heavy atom. The zero-order chi connectivity index (χ0) is 28.2. The van der Waals surface area contributed by atoms with Gasteiger partial charge < -0.3 is 10.5 Å². The summed E-state index contributed by atoms with van der Waals surface area (Å²) in [7, 11) is -3.38. The van der Waals surface area contributed by atoms with Crippen molar-refractivity contribution in [3.63, 3.8) is 0 Å². The third-order valence-electron chi connectivity index (χ3n) is 6.89. The van der Waals surface area contributed by atoms with Gasteiger partial charge in [0, 0.05) is 48.4 Å². The summed E-state index contributed by atoms with van der Waals surface area (Å²) in [6, 6.07) is 13.8. The smallest absolute Gasteiger partial charge is 0.261 e. The lowest BCUT2D eigenvalue weighted by molar-refractivity contribution is -0.134. The number of fused-ring (bicyclic) bond motifs is 1. The van der Waals surface area contributed by atoms with E-state index in [1.54, 1.807) is 28.6 Å². The Bertz CT molecular complexity index is 1480. The Balaban J connectivity index is 1.59. The number of nitrogens with one attached hydrogen (secondary N) is 1. The molecule has 0 radical (unpaired) electrons. The van der Waals surface area contributed by atoms with E-state index in [2.05, 4.69) is 4.98 Å². The topological polar surface area (TPSA) is 155 Å². The van der Waals surface area contributed by atoms with E-state index in [9.17, 15) is 23.2 Å². The molecule has 0 aliphatic carbocycles. The van der Waals surface area contributed by atoms with E-state index in [0.717, 1.165) is 28.4 Å². The molecule has 0 saturated carbocycles. The molecule has 1 aliphatic rings. The van der Waals surface area contributed by atoms with Crippen molar-refractivity contribution in [1.82, 2.24) is 19.7 Å². The second-order valence-corrected chi connectivity index (χ2v) is 11.6. The number of nitrogens with two attached hydrogens (primary N) is 1. The lowest BCUT2D eigenvalue weighted by Gasteiger charge is -2.29. The number of carbonyl (C=O) groups excluding carboxylic acids is 2. The molecule has 4 N–H and O–H groups in total. The first-order valence-electron chi connectivity index (χ1n) is 12.6. The molecule has 11 nitrogen and oxygen atoms in total. The first-order chi connectivity index (χ1) is 18.6. The average molecular weight is 556 g/mol. The fourth-order valence-corrected chi connectivity index (χ4v) is 5.85. The van der Waals surface area contributed by atoms with Crippen LogP contribution in [0.25, 0.3) is 10.9 Å². The van der Waals surface area contributed by atoms with E-state index in [-0.39, 0.29) is 31.7 Å². The van der Waals surface area contributed by atoms with E-state index in [1.807, 2.05) is 37.3 Å². The van der Waals surface area contributed by atoms with Crippen LogP contribution in [0.15, 0.2) is 48.5 Å². The fourth-order valence-electron chi connectivity index (χ4n) is 4.97. The number of nitrogens with zero attached hydrogens (tertiary/aromatic N) is 3. The van der Waals surface area contributed by atoms with Crippen LogP contribution in [0, 0.1) is 6.92 Å². The third-order valence-corrected chi connectivity index (χ3v) is 8.19. The van der Waals surface area contributed by atoms with Crippen LogP contribution < -0.4 is 16.0 Å². The average Bonchev–Trinajstić information content (AvgIpc) is 3.16. The number of pyridine rings is 1. The van der Waals surface area contributed by atoms with Gasteiger partial charge >= 0.3 is 0 Å². The highest BCUT2D eigenvalue weighted by atomic mass is 32.2. The maximum absolute atomic E-state index is 12.8. The molecule has 0 bridgehead atoms. The monoisotopic (exact) mass is 555 g/mol. The van der Waals surface area contributed by atoms with Crippen LogP contribution in [0.3, 0.4) is 0 Å². The molecule has 2 amide bonds. The quantitative estimate of drug-likeness (QED) is 0.266. The Kier molecular flexibility index (Phi) is 8.80. The van der Waals surface area contributed by atoms with Gasteiger partial charge in [0.05, 0.1) is 17.8 Å². The Hall–Kier alpha value is -3.58. The molecule has 1 fully saturated rings. The van der Waals surface area contributed by atoms with Crippen molar-refractivity contribution < 1.29 is 28.0 Å². The van der Waals surface area contributed by atoms with Crippen molar-refractivity contribution in [3.8, 4) is 5.75 Å². The molecule has 3 aromatic rings. The molecule has 12 heteroatoms. The molecule has 0 unspecified atom stereocenters. The molecule has 1 atom stereocenters. The molecule has 1 aliphatic heterocycles. The summed E-state index contributed by atoms with van der Waals surface area (Å²) in [6.07, 6.45) is 1.72. The maximum Gasteiger partial charge on any atom is 0.261 e. The first-order valence-corrected chi connectivity index (χ1v) is 14.5. The van der Waals surface area contributed by atoms with Gasteiger partial charge in [-0.1, -0.05) is 18.2 Å². The zero-order valence-electron chi connectivity index (χ0n) is 22.0. The summed E-state index contributed by atoms with van der Waals surface area (Å²) < 4.78 is 31.5. The molecule has 1 saturated heterocycles. The van der Waals surface area contributed by atoms with Crippen LogP contribution in [0.5, 0.6) is 5.75 Å². The van der Waals surface area contributed by atoms with Crippen LogP contribution in [-0.4, -0.2) is 78.1 Å². The van der Waals surface area contributed by atoms with E-state index in [1.165, 1.54) is 4.31 Å². The van der Waals surface area contributed by atoms with Crippen LogP contribution >= 0.6 is 0 Å². The predicted octanol–water partition coefficient (Wildman–Crippen LogP) is 1.60. The van der Waals surface area contributed by atoms with Gasteiger partial charge in [0.2, 0.25) is 15.9 Å². The van der Waals surface area contributed by atoms with Gasteiger partial charge in [0.1, 0.15) is 12.4 Å². The number of carbonyl (C=O) groups is 2. The van der Waals surface area contributed by atoms with Gasteiger partial charge in [-0.3, -0.25) is 24.7 Å². The highest BCUT2D eigenvalue weighted by Gasteiger charge is 2.31. The van der Waals surface area contributed by atoms with Crippen molar-refractivity contribution in [1.29, 1.82) is 0 Å². The molecular formula is C27H33N5O6S. The van der Waals surface area contributed by atoms with Crippen LogP contribution in [0.4, 0.5) is 0 Å². The second kappa shape index (κ2) is 12.1. The van der Waals surface area contributed by atoms with Crippen LogP contribution in [0.2, 0.25) is 0 Å². The van der Waals surface area contributed by atoms with E-state index < -0.39 is 27.9 Å². The zero-order valence-corrected chi connectivity index (χ0v) is 22.8. The number of primary amides is 1. The molecule has 39 heavy (non-hydrogen) atoms. The Labute approximate surface area is 227 Å². The number of aryl methyl sites for hydroxylation is 1. The number of aromatic nitrogens is 1. The molecule has 2 heterocycles. The van der Waals surface area contributed by atoms with Gasteiger partial charge in [0.15, 0.2) is 0 Å². The van der Waals surface area contributed by atoms with Crippen molar-refractivity contribution in [2.75, 3.05) is 32.4 Å². The number of amides is 2. The number of para-hydroxylation sites is 1. The molecule has 2 aromatic carbocycles. The molecule has 4 rings (SSSR count). The Morgan fingerprint density at radius 2 is 1.87 bits per heavy atom. The number of hydroxylamine groups is 1. The SMILES string of the molecule is Cc1cc(COc2ccc(C(N)=O)c(C[C@@H](C(=O)NO)N3CCCN(S(C)(=O)=O)CC3)c2)c2ccccc2n1. The Morgan fingerprint density at radius 3 is 2.59 bits per heavy atom. The van der Waals surface area contributed by atoms with Crippen LogP contribution in [0.1, 0.15) is 33.6 Å². The molecular weight excluding hydrogens is 522 g/mol. The maximum atomic E-state index is 12.8. The lowest BCUT2D eigenvalue weighted by Crippen LogP contribution is -2.49. The van der Waals surface area contributed by atoms with Crippen molar-refractivity contribution in [2.24, 2.45) is 5.73 Å². The van der Waals surface area contributed by atoms with E-state index in [4.69, 9.17) is 10.5 Å². The first kappa shape index (κ1) is 28.4. The lowest BCUT2D eigenvalue weighted by atomic mass is 9.97. The third kappa shape index (κ3) is 6.90. The largest absolute Gasteiger partial charge is 0.489 e. The summed E-state index contributed by atoms with van der Waals surface area (Å²) in [4.78, 5) is 31.4. The number of ether oxygens (including phenoxy) is 1. The standard InChI is InChI=1S/C27H33N5O6S/c1-18-14-20(22-6-3-4-7-24(22)29-18)17-38-21-8-9-23(26(28)33)19(15-21)16-25(27(34)30-35)31-10-5-11-32(13-12-31)39(2,36)37/h3-4,6-9,14-15,25,35H,5,10-13,16-17H2,1-2H3,(H2,28,33)(H,30,34)/t25-/m0/s1. The second-order valence-electron chi connectivity index (χ2n) is 9.66. The number of hydrogen-bond acceptors (Lipinski definition) is 8. The van der Waals surface area contributed by atoms with E-state index in [0.29, 0.717) is 30.8 Å². The van der Waals surface area contributed by atoms with Crippen molar-refractivity contribution in [3.05, 3.63) is 70.9 Å². The summed E-state index contributed by atoms with van der Waals surface area (Å²) in [5.74, 6) is -0.839. The minimum absolute atomic E-state index is 0.0536. The summed E-state index contributed by atoms with van der Waals surface area (Å²) in [5, 5.41) is 10.4. The van der Waals surface area contributed by atoms with Crippen molar-refractivity contribution in [2.45, 2.75) is 32.4 Å². The molecule has 1 aromatic heterocycles. The summed E-state index contributed by atoms with van der Waals surface area (Å²) in [5.41, 5.74) is 10.7. The number of benzene rings is 2. The van der Waals surface area contributed by atoms with Crippen molar-refractivity contribution >= 4 is 32.7 Å². The van der Waals surface area contributed by atoms with Gasteiger partial charge in [-0.05, 0) is 55.7 Å². The number of hydrogen-bond donors (Lipinski definition) is 3. The highest BCUT2D eigenvalue weighted by Crippen LogP contribution is 2.25. The number of sulfonamides is 1. The van der Waals surface area contributed by atoms with Gasteiger partial charge in [-0.2, -0.15) is 0 Å². The highest BCUT2D eigenvalue weighted by molar-refractivity contribution is 7.88. The molecule has 208 valence electrons. The summed E-state index contributed by atoms with van der Waals surface area (Å²) in [6.45, 7) is 3.43. The normalized spacial score (nSPS) is 16.0. The van der Waals surface area contributed by atoms with Gasteiger partial charge in [-0.15, -0.1) is 0 Å².